The molecule has 0 aliphatic carbocycles. The first-order valence-corrected chi connectivity index (χ1v) is 6.18. The molecule has 0 saturated carbocycles. The van der Waals surface area contributed by atoms with Gasteiger partial charge in [-0.05, 0) is 18.2 Å². The Bertz CT molecular complexity index is 546. The SMILES string of the molecule is CC(C)(C)c1nc(Cl)c2cc(Br)ccc2n1. The highest BCUT2D eigenvalue weighted by Crippen LogP contribution is 2.27. The molecule has 0 aliphatic heterocycles. The molecule has 0 fully saturated rings. The second-order valence-electron chi connectivity index (χ2n) is 4.75. The van der Waals surface area contributed by atoms with E-state index in [1.807, 2.05) is 18.2 Å². The molecule has 2 rings (SSSR count). The molecule has 84 valence electrons. The average Bonchev–Trinajstić information content (AvgIpc) is 2.17. The van der Waals surface area contributed by atoms with Crippen LogP contribution in [0.1, 0.15) is 26.6 Å². The lowest BCUT2D eigenvalue weighted by Crippen LogP contribution is -2.16. The molecule has 0 aliphatic rings. The van der Waals surface area contributed by atoms with E-state index in [0.717, 1.165) is 21.2 Å². The first-order chi connectivity index (χ1) is 7.38. The van der Waals surface area contributed by atoms with Crippen LogP contribution in [0.25, 0.3) is 10.9 Å². The zero-order chi connectivity index (χ0) is 11.9. The Hall–Kier alpha value is -0.670. The van der Waals surface area contributed by atoms with Gasteiger partial charge in [-0.15, -0.1) is 0 Å². The van der Waals surface area contributed by atoms with Crippen molar-refractivity contribution in [3.05, 3.63) is 33.6 Å². The fourth-order valence-electron chi connectivity index (χ4n) is 1.40. The number of fused-ring (bicyclic) bond motifs is 1. The van der Waals surface area contributed by atoms with Crippen molar-refractivity contribution in [2.24, 2.45) is 0 Å². The number of aromatic nitrogens is 2. The predicted octanol–water partition coefficient (Wildman–Crippen LogP) is 4.34. The summed E-state index contributed by atoms with van der Waals surface area (Å²) >= 11 is 9.58. The summed E-state index contributed by atoms with van der Waals surface area (Å²) in [6.07, 6.45) is 0. The molecule has 0 atom stereocenters. The van der Waals surface area contributed by atoms with Gasteiger partial charge in [0.1, 0.15) is 11.0 Å². The maximum atomic E-state index is 6.17. The molecule has 1 heterocycles. The molecule has 0 spiro atoms. The predicted molar refractivity (Wildman–Crippen MR) is 70.9 cm³/mol. The Labute approximate surface area is 108 Å². The van der Waals surface area contributed by atoms with Crippen molar-refractivity contribution in [2.75, 3.05) is 0 Å². The van der Waals surface area contributed by atoms with E-state index in [0.29, 0.717) is 5.15 Å². The van der Waals surface area contributed by atoms with Crippen molar-refractivity contribution in [1.82, 2.24) is 9.97 Å². The highest BCUT2D eigenvalue weighted by molar-refractivity contribution is 9.10. The van der Waals surface area contributed by atoms with Gasteiger partial charge >= 0.3 is 0 Å². The molecular weight excluding hydrogens is 288 g/mol. The van der Waals surface area contributed by atoms with Crippen LogP contribution in [0, 0.1) is 0 Å². The van der Waals surface area contributed by atoms with E-state index >= 15 is 0 Å². The molecular formula is C12H12BrClN2. The quantitative estimate of drug-likeness (QED) is 0.676. The van der Waals surface area contributed by atoms with E-state index < -0.39 is 0 Å². The number of hydrogen-bond donors (Lipinski definition) is 0. The fourth-order valence-corrected chi connectivity index (χ4v) is 1.99. The Morgan fingerprint density at radius 1 is 1.19 bits per heavy atom. The van der Waals surface area contributed by atoms with Crippen molar-refractivity contribution in [3.8, 4) is 0 Å². The number of benzene rings is 1. The van der Waals surface area contributed by atoms with Gasteiger partial charge in [0, 0.05) is 15.3 Å². The summed E-state index contributed by atoms with van der Waals surface area (Å²) in [6.45, 7) is 6.22. The van der Waals surface area contributed by atoms with Crippen molar-refractivity contribution in [1.29, 1.82) is 0 Å². The molecule has 2 nitrogen and oxygen atoms in total. The second-order valence-corrected chi connectivity index (χ2v) is 6.02. The lowest BCUT2D eigenvalue weighted by atomic mass is 9.95. The zero-order valence-corrected chi connectivity index (χ0v) is 11.7. The van der Waals surface area contributed by atoms with Crippen LogP contribution in [0.5, 0.6) is 0 Å². The van der Waals surface area contributed by atoms with Gasteiger partial charge in [0.25, 0.3) is 0 Å². The minimum Gasteiger partial charge on any atom is -0.232 e. The average molecular weight is 300 g/mol. The Kier molecular flexibility index (Phi) is 2.93. The molecule has 1 aromatic heterocycles. The normalized spacial score (nSPS) is 12.1. The molecule has 0 N–H and O–H groups in total. The second kappa shape index (κ2) is 3.97. The van der Waals surface area contributed by atoms with Gasteiger partial charge in [0.05, 0.1) is 5.52 Å². The minimum atomic E-state index is -0.0924. The lowest BCUT2D eigenvalue weighted by molar-refractivity contribution is 0.548. The number of halogens is 2. The van der Waals surface area contributed by atoms with Crippen LogP contribution >= 0.6 is 27.5 Å². The van der Waals surface area contributed by atoms with E-state index in [-0.39, 0.29) is 5.41 Å². The zero-order valence-electron chi connectivity index (χ0n) is 9.38. The maximum absolute atomic E-state index is 6.17. The largest absolute Gasteiger partial charge is 0.232 e. The molecule has 0 radical (unpaired) electrons. The molecule has 0 saturated heterocycles. The minimum absolute atomic E-state index is 0.0924. The van der Waals surface area contributed by atoms with E-state index in [4.69, 9.17) is 11.6 Å². The summed E-state index contributed by atoms with van der Waals surface area (Å²) in [5.74, 6) is 0.771. The summed E-state index contributed by atoms with van der Waals surface area (Å²) in [5, 5.41) is 1.39. The van der Waals surface area contributed by atoms with Gasteiger partial charge in [0.2, 0.25) is 0 Å². The van der Waals surface area contributed by atoms with E-state index in [9.17, 15) is 0 Å². The molecule has 4 heteroatoms. The van der Waals surface area contributed by atoms with Gasteiger partial charge in [-0.1, -0.05) is 48.3 Å². The third-order valence-corrected chi connectivity index (χ3v) is 3.06. The summed E-state index contributed by atoms with van der Waals surface area (Å²) in [4.78, 5) is 8.88. The number of nitrogens with zero attached hydrogens (tertiary/aromatic N) is 2. The highest BCUT2D eigenvalue weighted by atomic mass is 79.9. The Morgan fingerprint density at radius 2 is 1.88 bits per heavy atom. The van der Waals surface area contributed by atoms with Crippen molar-refractivity contribution >= 4 is 38.4 Å². The van der Waals surface area contributed by atoms with E-state index in [2.05, 4.69) is 46.7 Å². The van der Waals surface area contributed by atoms with Gasteiger partial charge in [-0.2, -0.15) is 0 Å². The lowest BCUT2D eigenvalue weighted by Gasteiger charge is -2.17. The molecule has 16 heavy (non-hydrogen) atoms. The van der Waals surface area contributed by atoms with Crippen LogP contribution in [0.4, 0.5) is 0 Å². The van der Waals surface area contributed by atoms with Crippen LogP contribution in [0.3, 0.4) is 0 Å². The number of hydrogen-bond acceptors (Lipinski definition) is 2. The van der Waals surface area contributed by atoms with Gasteiger partial charge in [-0.25, -0.2) is 9.97 Å². The summed E-state index contributed by atoms with van der Waals surface area (Å²) < 4.78 is 0.981. The summed E-state index contributed by atoms with van der Waals surface area (Å²) in [7, 11) is 0. The Morgan fingerprint density at radius 3 is 2.50 bits per heavy atom. The summed E-state index contributed by atoms with van der Waals surface area (Å²) in [6, 6.07) is 5.84. The third kappa shape index (κ3) is 2.20. The standard InChI is InChI=1S/C12H12BrClN2/c1-12(2,3)11-15-9-5-4-7(13)6-8(9)10(14)16-11/h4-6H,1-3H3. The van der Waals surface area contributed by atoms with E-state index in [1.54, 1.807) is 0 Å². The molecule has 1 aromatic carbocycles. The van der Waals surface area contributed by atoms with Crippen molar-refractivity contribution < 1.29 is 0 Å². The topological polar surface area (TPSA) is 25.8 Å². The van der Waals surface area contributed by atoms with Gasteiger partial charge in [-0.3, -0.25) is 0 Å². The maximum Gasteiger partial charge on any atom is 0.140 e. The third-order valence-electron chi connectivity index (χ3n) is 2.28. The first kappa shape index (κ1) is 11.8. The van der Waals surface area contributed by atoms with Crippen LogP contribution in [-0.4, -0.2) is 9.97 Å². The monoisotopic (exact) mass is 298 g/mol. The Balaban J connectivity index is 2.74. The van der Waals surface area contributed by atoms with Crippen molar-refractivity contribution in [2.45, 2.75) is 26.2 Å². The summed E-state index contributed by atoms with van der Waals surface area (Å²) in [5.41, 5.74) is 0.790. The molecule has 0 amide bonds. The van der Waals surface area contributed by atoms with Crippen LogP contribution < -0.4 is 0 Å². The first-order valence-electron chi connectivity index (χ1n) is 5.01. The fraction of sp³-hybridized carbons (Fsp3) is 0.333. The molecule has 2 aromatic rings. The van der Waals surface area contributed by atoms with E-state index in [1.165, 1.54) is 0 Å². The van der Waals surface area contributed by atoms with Crippen LogP contribution in [0.15, 0.2) is 22.7 Å². The van der Waals surface area contributed by atoms with Crippen LogP contribution in [0.2, 0.25) is 5.15 Å². The molecule has 0 bridgehead atoms. The number of rotatable bonds is 0. The van der Waals surface area contributed by atoms with Crippen LogP contribution in [-0.2, 0) is 5.41 Å². The molecule has 0 unspecified atom stereocenters. The van der Waals surface area contributed by atoms with Gasteiger partial charge < -0.3 is 0 Å². The van der Waals surface area contributed by atoms with Gasteiger partial charge in [0.15, 0.2) is 0 Å². The van der Waals surface area contributed by atoms with Crippen molar-refractivity contribution in [3.63, 3.8) is 0 Å². The smallest absolute Gasteiger partial charge is 0.140 e. The highest BCUT2D eigenvalue weighted by Gasteiger charge is 2.19.